The van der Waals surface area contributed by atoms with E-state index < -0.39 is 82.1 Å². The fourth-order valence-corrected chi connectivity index (χ4v) is 11.2. The lowest BCUT2D eigenvalue weighted by atomic mass is 9.42. The van der Waals surface area contributed by atoms with Gasteiger partial charge in [-0.1, -0.05) is 37.3 Å². The molecule has 0 radical (unpaired) electrons. The van der Waals surface area contributed by atoms with E-state index in [1.165, 1.54) is 17.2 Å². The van der Waals surface area contributed by atoms with Crippen molar-refractivity contribution in [1.82, 2.24) is 15.5 Å². The molecule has 1 saturated heterocycles. The number of nitrogens with one attached hydrogen (secondary N) is 2. The number of ether oxygens (including phenoxy) is 2. The van der Waals surface area contributed by atoms with Crippen molar-refractivity contribution in [2.75, 3.05) is 13.1 Å². The maximum atomic E-state index is 14.3. The molecule has 5 aliphatic rings. The highest BCUT2D eigenvalue weighted by Crippen LogP contribution is 2.69. The second-order valence-corrected chi connectivity index (χ2v) is 17.1. The molecule has 4 saturated carbocycles. The summed E-state index contributed by atoms with van der Waals surface area (Å²) in [4.78, 5) is 79.1. The van der Waals surface area contributed by atoms with E-state index in [2.05, 4.69) is 17.6 Å². The first-order chi connectivity index (χ1) is 26.7. The Balaban J connectivity index is 0.922. The average Bonchev–Trinajstić information content (AvgIpc) is 3.79. The van der Waals surface area contributed by atoms with Crippen molar-refractivity contribution >= 4 is 29.7 Å². The number of carbonyl (C=O) groups excluding carboxylic acids is 5. The van der Waals surface area contributed by atoms with Crippen LogP contribution in [0, 0.1) is 28.6 Å². The Bertz CT molecular complexity index is 1880. The van der Waals surface area contributed by atoms with E-state index in [1.54, 1.807) is 19.9 Å². The SMILES string of the molecule is C[C@H](NC(=O)[C@@H]1CCCN1C(=O)CNC(=O)OCc1ccccc1)C(=O)O[C@H]1CC[C@@]2(C)[C@H](CC[C@@H]3[C@@H]2[C@H](O)C(=O)[C@]2(C)[C@@H](c4ccc(=O)oc4)CC[C@]32O)C1. The second-order valence-electron chi connectivity index (χ2n) is 17.1. The van der Waals surface area contributed by atoms with Gasteiger partial charge in [-0.25, -0.2) is 14.4 Å². The molecular weight excluding hydrogens is 722 g/mol. The Kier molecular flexibility index (Phi) is 10.9. The van der Waals surface area contributed by atoms with E-state index in [1.807, 2.05) is 30.3 Å². The van der Waals surface area contributed by atoms with Gasteiger partial charge in [0.1, 0.15) is 37.4 Å². The molecule has 0 unspecified atom stereocenters. The first-order valence-electron chi connectivity index (χ1n) is 20.0. The van der Waals surface area contributed by atoms with Crippen LogP contribution in [0.3, 0.4) is 0 Å². The number of hydrogen-bond donors (Lipinski definition) is 4. The van der Waals surface area contributed by atoms with Crippen molar-refractivity contribution in [3.63, 3.8) is 0 Å². The zero-order chi connectivity index (χ0) is 40.0. The third-order valence-electron chi connectivity index (χ3n) is 14.2. The first kappa shape index (κ1) is 39.7. The van der Waals surface area contributed by atoms with Gasteiger partial charge < -0.3 is 39.6 Å². The van der Waals surface area contributed by atoms with Gasteiger partial charge in [0.2, 0.25) is 11.8 Å². The van der Waals surface area contributed by atoms with Crippen LogP contribution in [-0.4, -0.2) is 87.8 Å². The van der Waals surface area contributed by atoms with E-state index >= 15 is 0 Å². The van der Waals surface area contributed by atoms with E-state index in [4.69, 9.17) is 13.9 Å². The van der Waals surface area contributed by atoms with Crippen LogP contribution in [0.15, 0.2) is 57.9 Å². The number of aliphatic hydroxyl groups excluding tert-OH is 1. The van der Waals surface area contributed by atoms with E-state index in [9.17, 15) is 39.0 Å². The number of fused-ring (bicyclic) bond motifs is 5. The summed E-state index contributed by atoms with van der Waals surface area (Å²) in [5.41, 5.74) is -2.11. The van der Waals surface area contributed by atoms with E-state index in [0.29, 0.717) is 63.5 Å². The van der Waals surface area contributed by atoms with Gasteiger partial charge in [-0.2, -0.15) is 0 Å². The summed E-state index contributed by atoms with van der Waals surface area (Å²) in [6.45, 7) is 5.45. The lowest BCUT2D eigenvalue weighted by Crippen LogP contribution is -2.70. The van der Waals surface area contributed by atoms with Gasteiger partial charge >= 0.3 is 17.7 Å². The number of benzene rings is 1. The number of alkyl carbamates (subject to hydrolysis) is 1. The molecule has 0 bridgehead atoms. The molecule has 1 aromatic heterocycles. The normalized spacial score (nSPS) is 35.3. The van der Waals surface area contributed by atoms with Gasteiger partial charge in [-0.05, 0) is 106 Å². The Labute approximate surface area is 325 Å². The van der Waals surface area contributed by atoms with Crippen LogP contribution in [0.25, 0.3) is 0 Å². The third kappa shape index (κ3) is 6.92. The Morgan fingerprint density at radius 1 is 1.00 bits per heavy atom. The Hall–Kier alpha value is -4.56. The summed E-state index contributed by atoms with van der Waals surface area (Å²) in [7, 11) is 0. The van der Waals surface area contributed by atoms with Crippen LogP contribution in [0.2, 0.25) is 0 Å². The molecule has 2 heterocycles. The van der Waals surface area contributed by atoms with Crippen molar-refractivity contribution in [2.45, 2.75) is 121 Å². The number of ketones is 1. The highest BCUT2D eigenvalue weighted by molar-refractivity contribution is 5.93. The number of esters is 1. The van der Waals surface area contributed by atoms with Crippen molar-refractivity contribution in [3.8, 4) is 0 Å². The van der Waals surface area contributed by atoms with Gasteiger partial charge in [0.15, 0.2) is 5.78 Å². The number of rotatable bonds is 9. The smallest absolute Gasteiger partial charge is 0.407 e. The molecule has 0 spiro atoms. The highest BCUT2D eigenvalue weighted by Gasteiger charge is 2.73. The van der Waals surface area contributed by atoms with Crippen LogP contribution < -0.4 is 16.3 Å². The topological polar surface area (TPSA) is 202 Å². The molecule has 5 fully saturated rings. The zero-order valence-corrected chi connectivity index (χ0v) is 32.2. The molecular formula is C42H53N3O11. The van der Waals surface area contributed by atoms with Crippen LogP contribution in [0.5, 0.6) is 0 Å². The summed E-state index contributed by atoms with van der Waals surface area (Å²) in [6.07, 6.45) is 3.76. The Morgan fingerprint density at radius 3 is 2.50 bits per heavy atom. The Morgan fingerprint density at radius 2 is 1.77 bits per heavy atom. The quantitative estimate of drug-likeness (QED) is 0.272. The predicted molar refractivity (Wildman–Crippen MR) is 200 cm³/mol. The van der Waals surface area contributed by atoms with Crippen LogP contribution in [0.1, 0.15) is 95.6 Å². The van der Waals surface area contributed by atoms with Crippen molar-refractivity contribution in [2.24, 2.45) is 28.6 Å². The van der Waals surface area contributed by atoms with Crippen molar-refractivity contribution in [1.29, 1.82) is 0 Å². The fraction of sp³-hybridized carbons (Fsp3) is 0.619. The third-order valence-corrected chi connectivity index (χ3v) is 14.2. The van der Waals surface area contributed by atoms with Crippen molar-refractivity contribution < 1.29 is 48.1 Å². The van der Waals surface area contributed by atoms with Crippen LogP contribution >= 0.6 is 0 Å². The minimum Gasteiger partial charge on any atom is -0.461 e. The van der Waals surface area contributed by atoms with Gasteiger partial charge in [0.25, 0.3) is 0 Å². The number of hydrogen-bond acceptors (Lipinski definition) is 11. The number of Topliss-reactive ketones (excluding diaryl/α,β-unsaturated/α-hetero) is 1. The molecule has 56 heavy (non-hydrogen) atoms. The van der Waals surface area contributed by atoms with Crippen LogP contribution in [-0.2, 0) is 35.3 Å². The van der Waals surface area contributed by atoms with Gasteiger partial charge in [-0.15, -0.1) is 0 Å². The summed E-state index contributed by atoms with van der Waals surface area (Å²) >= 11 is 0. The van der Waals surface area contributed by atoms with E-state index in [-0.39, 0.29) is 30.8 Å². The lowest BCUT2D eigenvalue weighted by molar-refractivity contribution is -0.229. The lowest BCUT2D eigenvalue weighted by Gasteiger charge is -2.64. The molecule has 14 nitrogen and oxygen atoms in total. The molecule has 1 aromatic carbocycles. The maximum absolute atomic E-state index is 14.3. The van der Waals surface area contributed by atoms with Gasteiger partial charge in [0, 0.05) is 24.4 Å². The molecule has 3 amide bonds. The summed E-state index contributed by atoms with van der Waals surface area (Å²) in [6, 6.07) is 10.3. The standard InChI is InChI=1S/C42H53N3O11/c1-24(44-37(50)31-10-7-19-45(31)32(46)21-43-39(52)55-22-25-8-5-4-6-9-25)38(51)56-28-15-17-40(2)27(20-28)12-13-30-34(40)35(48)36(49)41(3)29(16-18-42(30,41)53)26-11-14-33(47)54-23-26/h4-6,8-9,11,14,23-24,27-31,34-35,48,53H,7,10,12-13,15-22H2,1-3H3,(H,43,52)(H,44,50)/t24-,27+,28-,29+,30+,31-,34+,35-,40-,41-,42-/m0/s1. The number of carbonyl (C=O) groups is 5. The number of likely N-dealkylation sites (tertiary alicyclic amines) is 1. The van der Waals surface area contributed by atoms with Gasteiger partial charge in [-0.3, -0.25) is 14.4 Å². The number of nitrogens with zero attached hydrogens (tertiary/aromatic N) is 1. The molecule has 7 rings (SSSR count). The number of amides is 3. The minimum absolute atomic E-state index is 0.0264. The molecule has 14 heteroatoms. The number of aliphatic hydroxyl groups is 2. The molecule has 4 N–H and O–H groups in total. The summed E-state index contributed by atoms with van der Waals surface area (Å²) < 4.78 is 16.3. The van der Waals surface area contributed by atoms with Crippen LogP contribution in [0.4, 0.5) is 4.79 Å². The molecule has 2 aromatic rings. The zero-order valence-electron chi connectivity index (χ0n) is 32.2. The summed E-state index contributed by atoms with van der Waals surface area (Å²) in [5, 5.41) is 29.5. The van der Waals surface area contributed by atoms with Gasteiger partial charge in [0.05, 0.1) is 17.3 Å². The monoisotopic (exact) mass is 775 g/mol. The molecule has 302 valence electrons. The predicted octanol–water partition coefficient (Wildman–Crippen LogP) is 3.36. The maximum Gasteiger partial charge on any atom is 0.407 e. The fourth-order valence-electron chi connectivity index (χ4n) is 11.2. The first-order valence-corrected chi connectivity index (χ1v) is 20.0. The minimum atomic E-state index is -1.34. The van der Waals surface area contributed by atoms with E-state index in [0.717, 1.165) is 12.0 Å². The molecule has 11 atom stereocenters. The highest BCUT2D eigenvalue weighted by atomic mass is 16.6. The second kappa shape index (κ2) is 15.4. The average molecular weight is 776 g/mol. The summed E-state index contributed by atoms with van der Waals surface area (Å²) in [5.74, 6) is -3.05. The largest absolute Gasteiger partial charge is 0.461 e. The van der Waals surface area contributed by atoms with Crippen molar-refractivity contribution in [3.05, 3.63) is 70.3 Å². The molecule has 1 aliphatic heterocycles. The molecule has 4 aliphatic carbocycles.